The first-order valence-electron chi connectivity index (χ1n) is 9.03. The van der Waals surface area contributed by atoms with Gasteiger partial charge < -0.3 is 14.8 Å². The number of para-hydroxylation sites is 2. The first-order valence-corrected chi connectivity index (χ1v) is 9.03. The third kappa shape index (κ3) is 5.20. The molecular formula is C23H21NO4. The van der Waals surface area contributed by atoms with Crippen molar-refractivity contribution in [3.8, 4) is 11.5 Å². The molecule has 3 aromatic carbocycles. The number of carbonyl (C=O) groups excluding carboxylic acids is 2. The number of anilines is 1. The third-order valence-electron chi connectivity index (χ3n) is 4.06. The van der Waals surface area contributed by atoms with Crippen molar-refractivity contribution in [3.05, 3.63) is 90.0 Å². The highest BCUT2D eigenvalue weighted by molar-refractivity contribution is 5.96. The number of hydrogen-bond donors (Lipinski definition) is 1. The lowest BCUT2D eigenvalue weighted by atomic mass is 10.1. The minimum Gasteiger partial charge on any atom is -0.457 e. The summed E-state index contributed by atoms with van der Waals surface area (Å²) < 4.78 is 10.8. The number of benzene rings is 3. The van der Waals surface area contributed by atoms with E-state index in [1.807, 2.05) is 61.5 Å². The fraction of sp³-hybridized carbons (Fsp3) is 0.130. The van der Waals surface area contributed by atoms with Crippen LogP contribution in [0.15, 0.2) is 78.9 Å². The molecule has 0 aliphatic heterocycles. The molecule has 0 saturated carbocycles. The molecule has 0 saturated heterocycles. The average Bonchev–Trinajstić information content (AvgIpc) is 2.73. The molecule has 0 aromatic heterocycles. The van der Waals surface area contributed by atoms with Crippen molar-refractivity contribution in [2.24, 2.45) is 0 Å². The van der Waals surface area contributed by atoms with Crippen LogP contribution in [-0.4, -0.2) is 18.5 Å². The minimum absolute atomic E-state index is 0.315. The predicted molar refractivity (Wildman–Crippen MR) is 108 cm³/mol. The Morgan fingerprint density at radius 1 is 0.857 bits per heavy atom. The molecule has 0 bridgehead atoms. The largest absolute Gasteiger partial charge is 0.457 e. The number of amides is 1. The Morgan fingerprint density at radius 3 is 2.36 bits per heavy atom. The number of aryl methyl sites for hydroxylation is 1. The Labute approximate surface area is 163 Å². The van der Waals surface area contributed by atoms with Crippen LogP contribution in [0.1, 0.15) is 22.8 Å². The first kappa shape index (κ1) is 19.2. The van der Waals surface area contributed by atoms with Gasteiger partial charge in [0.1, 0.15) is 11.5 Å². The highest BCUT2D eigenvalue weighted by Gasteiger charge is 2.12. The van der Waals surface area contributed by atoms with E-state index in [9.17, 15) is 9.59 Å². The summed E-state index contributed by atoms with van der Waals surface area (Å²) >= 11 is 0. The van der Waals surface area contributed by atoms with Crippen LogP contribution >= 0.6 is 0 Å². The molecule has 0 spiro atoms. The van der Waals surface area contributed by atoms with Crippen LogP contribution in [0.5, 0.6) is 11.5 Å². The molecule has 0 radical (unpaired) electrons. The second kappa shape index (κ2) is 9.37. The molecule has 0 atom stereocenters. The highest BCUT2D eigenvalue weighted by Crippen LogP contribution is 2.22. The fourth-order valence-electron chi connectivity index (χ4n) is 2.66. The van der Waals surface area contributed by atoms with Crippen LogP contribution in [0.4, 0.5) is 5.69 Å². The van der Waals surface area contributed by atoms with E-state index in [4.69, 9.17) is 9.47 Å². The summed E-state index contributed by atoms with van der Waals surface area (Å²) in [6.45, 7) is 1.65. The Kier molecular flexibility index (Phi) is 6.41. The Morgan fingerprint density at radius 2 is 1.57 bits per heavy atom. The summed E-state index contributed by atoms with van der Waals surface area (Å²) in [5.41, 5.74) is 2.06. The van der Waals surface area contributed by atoms with Crippen molar-refractivity contribution >= 4 is 17.6 Å². The lowest BCUT2D eigenvalue weighted by Gasteiger charge is -2.10. The summed E-state index contributed by atoms with van der Waals surface area (Å²) in [5.74, 6) is 0.215. The highest BCUT2D eigenvalue weighted by atomic mass is 16.5. The van der Waals surface area contributed by atoms with Gasteiger partial charge in [0, 0.05) is 5.69 Å². The molecule has 0 unspecified atom stereocenters. The molecular weight excluding hydrogens is 354 g/mol. The van der Waals surface area contributed by atoms with Gasteiger partial charge in [-0.3, -0.25) is 4.79 Å². The van der Waals surface area contributed by atoms with E-state index in [0.29, 0.717) is 17.1 Å². The molecule has 28 heavy (non-hydrogen) atoms. The number of esters is 1. The van der Waals surface area contributed by atoms with Crippen molar-refractivity contribution in [3.63, 3.8) is 0 Å². The molecule has 1 amide bonds. The first-order chi connectivity index (χ1) is 13.7. The number of carbonyl (C=O) groups is 2. The van der Waals surface area contributed by atoms with Crippen molar-refractivity contribution < 1.29 is 19.1 Å². The molecule has 0 fully saturated rings. The topological polar surface area (TPSA) is 64.6 Å². The van der Waals surface area contributed by atoms with Gasteiger partial charge in [-0.2, -0.15) is 0 Å². The quantitative estimate of drug-likeness (QED) is 0.600. The number of hydrogen-bond acceptors (Lipinski definition) is 4. The van der Waals surface area contributed by atoms with Gasteiger partial charge in [0.05, 0.1) is 5.56 Å². The number of rotatable bonds is 7. The summed E-state index contributed by atoms with van der Waals surface area (Å²) in [4.78, 5) is 24.4. The SMILES string of the molecule is CCc1ccccc1NC(=O)COC(=O)c1cccc(Oc2ccccc2)c1. The van der Waals surface area contributed by atoms with Crippen LogP contribution < -0.4 is 10.1 Å². The predicted octanol–water partition coefficient (Wildman–Crippen LogP) is 4.84. The summed E-state index contributed by atoms with van der Waals surface area (Å²) in [5, 5.41) is 2.77. The van der Waals surface area contributed by atoms with Crippen molar-refractivity contribution in [1.29, 1.82) is 0 Å². The van der Waals surface area contributed by atoms with Gasteiger partial charge in [-0.05, 0) is 48.4 Å². The zero-order valence-electron chi connectivity index (χ0n) is 15.6. The van der Waals surface area contributed by atoms with E-state index < -0.39 is 5.97 Å². The molecule has 3 rings (SSSR count). The van der Waals surface area contributed by atoms with Crippen LogP contribution in [-0.2, 0) is 16.0 Å². The van der Waals surface area contributed by atoms with E-state index >= 15 is 0 Å². The zero-order chi connectivity index (χ0) is 19.8. The molecule has 5 heteroatoms. The van der Waals surface area contributed by atoms with E-state index in [-0.39, 0.29) is 12.5 Å². The maximum Gasteiger partial charge on any atom is 0.338 e. The van der Waals surface area contributed by atoms with E-state index in [2.05, 4.69) is 5.32 Å². The van der Waals surface area contributed by atoms with Gasteiger partial charge in [0.2, 0.25) is 0 Å². The summed E-state index contributed by atoms with van der Waals surface area (Å²) in [7, 11) is 0. The molecule has 3 aromatic rings. The minimum atomic E-state index is -0.586. The van der Waals surface area contributed by atoms with Crippen LogP contribution in [0.3, 0.4) is 0 Å². The van der Waals surface area contributed by atoms with Gasteiger partial charge in [-0.1, -0.05) is 49.4 Å². The molecule has 0 aliphatic carbocycles. The van der Waals surface area contributed by atoms with Gasteiger partial charge in [-0.15, -0.1) is 0 Å². The van der Waals surface area contributed by atoms with Crippen molar-refractivity contribution in [2.45, 2.75) is 13.3 Å². The van der Waals surface area contributed by atoms with Crippen LogP contribution in [0.25, 0.3) is 0 Å². The lowest BCUT2D eigenvalue weighted by Crippen LogP contribution is -2.21. The van der Waals surface area contributed by atoms with Crippen molar-refractivity contribution in [2.75, 3.05) is 11.9 Å². The van der Waals surface area contributed by atoms with Crippen LogP contribution in [0, 0.1) is 0 Å². The molecule has 1 N–H and O–H groups in total. The fourth-order valence-corrected chi connectivity index (χ4v) is 2.66. The van der Waals surface area contributed by atoms with Gasteiger partial charge in [0.15, 0.2) is 6.61 Å². The van der Waals surface area contributed by atoms with E-state index in [0.717, 1.165) is 17.7 Å². The second-order valence-corrected chi connectivity index (χ2v) is 6.08. The third-order valence-corrected chi connectivity index (χ3v) is 4.06. The van der Waals surface area contributed by atoms with E-state index in [1.165, 1.54) is 0 Å². The lowest BCUT2D eigenvalue weighted by molar-refractivity contribution is -0.119. The van der Waals surface area contributed by atoms with Crippen molar-refractivity contribution in [1.82, 2.24) is 0 Å². The smallest absolute Gasteiger partial charge is 0.338 e. The van der Waals surface area contributed by atoms with Crippen LogP contribution in [0.2, 0.25) is 0 Å². The zero-order valence-corrected chi connectivity index (χ0v) is 15.6. The monoisotopic (exact) mass is 375 g/mol. The van der Waals surface area contributed by atoms with E-state index in [1.54, 1.807) is 24.3 Å². The summed E-state index contributed by atoms with van der Waals surface area (Å²) in [6.07, 6.45) is 0.796. The molecule has 142 valence electrons. The standard InChI is InChI=1S/C23H21NO4/c1-2-17-9-6-7-14-21(17)24-22(25)16-27-23(26)18-10-8-13-20(15-18)28-19-11-4-3-5-12-19/h3-15H,2,16H2,1H3,(H,24,25). The maximum atomic E-state index is 12.3. The maximum absolute atomic E-state index is 12.3. The Bertz CT molecular complexity index is 954. The Balaban J connectivity index is 1.57. The molecule has 0 heterocycles. The second-order valence-electron chi connectivity index (χ2n) is 6.08. The number of ether oxygens (including phenoxy) is 2. The van der Waals surface area contributed by atoms with Gasteiger partial charge >= 0.3 is 5.97 Å². The average molecular weight is 375 g/mol. The van der Waals surface area contributed by atoms with Gasteiger partial charge in [-0.25, -0.2) is 4.79 Å². The Hall–Kier alpha value is -3.60. The molecule has 5 nitrogen and oxygen atoms in total. The molecule has 0 aliphatic rings. The summed E-state index contributed by atoms with van der Waals surface area (Å²) in [6, 6.07) is 23.4. The van der Waals surface area contributed by atoms with Gasteiger partial charge in [0.25, 0.3) is 5.91 Å². The normalized spacial score (nSPS) is 10.2. The number of nitrogens with one attached hydrogen (secondary N) is 1.